The lowest BCUT2D eigenvalue weighted by Gasteiger charge is -2.18. The summed E-state index contributed by atoms with van der Waals surface area (Å²) >= 11 is 0. The van der Waals surface area contributed by atoms with Crippen LogP contribution in [-0.4, -0.2) is 27.1 Å². The Bertz CT molecular complexity index is 830. The van der Waals surface area contributed by atoms with Gasteiger partial charge in [0.15, 0.2) is 22.9 Å². The van der Waals surface area contributed by atoms with E-state index < -0.39 is 23.3 Å². The molecule has 21 heavy (non-hydrogen) atoms. The van der Waals surface area contributed by atoms with Gasteiger partial charge in [-0.05, 0) is 12.1 Å². The minimum atomic E-state index is -1.39. The highest BCUT2D eigenvalue weighted by Crippen LogP contribution is 2.49. The van der Waals surface area contributed by atoms with Crippen LogP contribution in [0.5, 0.6) is 23.0 Å². The molecule has 1 aliphatic heterocycles. The highest BCUT2D eigenvalue weighted by atomic mass is 16.6. The van der Waals surface area contributed by atoms with Crippen LogP contribution in [0, 0.1) is 11.3 Å². The van der Waals surface area contributed by atoms with Crippen molar-refractivity contribution >= 4 is 11.9 Å². The number of hydrogen-bond acceptors (Lipinski definition) is 5. The molecule has 0 amide bonds. The summed E-state index contributed by atoms with van der Waals surface area (Å²) in [5.74, 6) is -2.87. The van der Waals surface area contributed by atoms with Crippen molar-refractivity contribution in [3.8, 4) is 29.1 Å². The largest absolute Gasteiger partial charge is 0.476 e. The van der Waals surface area contributed by atoms with E-state index in [0.29, 0.717) is 5.56 Å². The van der Waals surface area contributed by atoms with E-state index in [-0.39, 0.29) is 23.0 Å². The number of aromatic nitrogens is 1. The minimum Gasteiger partial charge on any atom is -0.476 e. The topological polar surface area (TPSA) is 133 Å². The fraction of sp³-hybridized carbons (Fsp3) is 0. The third kappa shape index (κ3) is 1.84. The number of carboxylic acids is 2. The lowest BCUT2D eigenvalue weighted by molar-refractivity contribution is 0.0687. The van der Waals surface area contributed by atoms with Gasteiger partial charge in [0.1, 0.15) is 0 Å². The van der Waals surface area contributed by atoms with Crippen LogP contribution in [0.1, 0.15) is 26.5 Å². The SMILES string of the molecule is N#Cc1ccc2c(c1)Oc1c(C(=O)O)[nH]c(C(=O)O)c1O2. The van der Waals surface area contributed by atoms with Crippen LogP contribution < -0.4 is 9.47 Å². The standard InChI is InChI=1S/C13H6N2O6/c14-4-5-1-2-6-7(3-5)21-11-9(13(18)19)15-8(12(16)17)10(11)20-6/h1-3,15H,(H,16,17)(H,18,19). The van der Waals surface area contributed by atoms with Crippen molar-refractivity contribution in [2.24, 2.45) is 0 Å². The molecule has 8 nitrogen and oxygen atoms in total. The maximum atomic E-state index is 11.1. The molecule has 1 aromatic heterocycles. The maximum absolute atomic E-state index is 11.1. The number of nitriles is 1. The zero-order valence-electron chi connectivity index (χ0n) is 10.2. The van der Waals surface area contributed by atoms with E-state index in [9.17, 15) is 9.59 Å². The van der Waals surface area contributed by atoms with Crippen LogP contribution in [0.3, 0.4) is 0 Å². The summed E-state index contributed by atoms with van der Waals surface area (Å²) in [5.41, 5.74) is -0.556. The first-order valence-electron chi connectivity index (χ1n) is 5.63. The Kier molecular flexibility index (Phi) is 2.56. The minimum absolute atomic E-state index is 0.139. The fourth-order valence-electron chi connectivity index (χ4n) is 1.92. The van der Waals surface area contributed by atoms with Crippen LogP contribution in [-0.2, 0) is 0 Å². The van der Waals surface area contributed by atoms with Crippen LogP contribution in [0.15, 0.2) is 18.2 Å². The van der Waals surface area contributed by atoms with Gasteiger partial charge < -0.3 is 24.7 Å². The van der Waals surface area contributed by atoms with Gasteiger partial charge in [-0.1, -0.05) is 0 Å². The average molecular weight is 286 g/mol. The van der Waals surface area contributed by atoms with Crippen molar-refractivity contribution in [3.63, 3.8) is 0 Å². The molecule has 8 heteroatoms. The first-order chi connectivity index (χ1) is 10.0. The second kappa shape index (κ2) is 4.28. The highest BCUT2D eigenvalue weighted by Gasteiger charge is 2.33. The quantitative estimate of drug-likeness (QED) is 0.657. The number of aromatic amines is 1. The number of rotatable bonds is 2. The van der Waals surface area contributed by atoms with Crippen molar-refractivity contribution in [1.29, 1.82) is 5.26 Å². The molecule has 0 fully saturated rings. The number of H-pyrrole nitrogens is 1. The van der Waals surface area contributed by atoms with Gasteiger partial charge in [0.05, 0.1) is 11.6 Å². The summed E-state index contributed by atoms with van der Waals surface area (Å²) < 4.78 is 10.8. The first-order valence-corrected chi connectivity index (χ1v) is 5.63. The molecule has 0 radical (unpaired) electrons. The van der Waals surface area contributed by atoms with Gasteiger partial charge in [-0.25, -0.2) is 9.59 Å². The number of ether oxygens (including phenoxy) is 2. The van der Waals surface area contributed by atoms with Crippen molar-refractivity contribution < 1.29 is 29.3 Å². The molecule has 3 rings (SSSR count). The van der Waals surface area contributed by atoms with Crippen molar-refractivity contribution in [2.45, 2.75) is 0 Å². The normalized spacial score (nSPS) is 11.4. The second-order valence-electron chi connectivity index (χ2n) is 4.12. The zero-order valence-corrected chi connectivity index (χ0v) is 10.2. The lowest BCUT2D eigenvalue weighted by Crippen LogP contribution is -2.03. The number of carbonyl (C=O) groups is 2. The lowest BCUT2D eigenvalue weighted by atomic mass is 10.2. The Labute approximate surface area is 116 Å². The van der Waals surface area contributed by atoms with Gasteiger partial charge in [0.2, 0.25) is 11.5 Å². The van der Waals surface area contributed by atoms with Crippen molar-refractivity contribution in [2.75, 3.05) is 0 Å². The third-order valence-corrected chi connectivity index (χ3v) is 2.83. The zero-order chi connectivity index (χ0) is 15.1. The first kappa shape index (κ1) is 12.6. The molecule has 0 atom stereocenters. The van der Waals surface area contributed by atoms with Gasteiger partial charge in [-0.2, -0.15) is 5.26 Å². The average Bonchev–Trinajstić information content (AvgIpc) is 2.83. The Balaban J connectivity index is 2.17. The summed E-state index contributed by atoms with van der Waals surface area (Å²) in [6.45, 7) is 0. The number of nitrogens with one attached hydrogen (secondary N) is 1. The molecule has 104 valence electrons. The number of fused-ring (bicyclic) bond motifs is 2. The molecule has 1 aliphatic rings. The number of hydrogen-bond donors (Lipinski definition) is 3. The van der Waals surface area contributed by atoms with Crippen LogP contribution in [0.2, 0.25) is 0 Å². The molecule has 3 N–H and O–H groups in total. The summed E-state index contributed by atoms with van der Waals surface area (Å²) in [4.78, 5) is 24.5. The molecule has 0 unspecified atom stereocenters. The Morgan fingerprint density at radius 1 is 1.05 bits per heavy atom. The molecule has 2 aromatic rings. The molecular formula is C13H6N2O6. The Morgan fingerprint density at radius 2 is 1.62 bits per heavy atom. The van der Waals surface area contributed by atoms with Gasteiger partial charge in [-0.3, -0.25) is 0 Å². The van der Waals surface area contributed by atoms with Gasteiger partial charge in [0, 0.05) is 6.07 Å². The molecule has 0 spiro atoms. The number of nitrogens with zero attached hydrogens (tertiary/aromatic N) is 1. The number of carboxylic acid groups (broad SMARTS) is 2. The van der Waals surface area contributed by atoms with E-state index in [2.05, 4.69) is 4.98 Å². The molecule has 0 saturated heterocycles. The summed E-state index contributed by atoms with van der Waals surface area (Å²) in [7, 11) is 0. The van der Waals surface area contributed by atoms with Gasteiger partial charge in [-0.15, -0.1) is 0 Å². The molecular weight excluding hydrogens is 280 g/mol. The van der Waals surface area contributed by atoms with E-state index in [1.165, 1.54) is 18.2 Å². The summed E-state index contributed by atoms with van der Waals surface area (Å²) in [5, 5.41) is 27.0. The molecule has 0 aliphatic carbocycles. The van der Waals surface area contributed by atoms with Crippen LogP contribution in [0.25, 0.3) is 0 Å². The summed E-state index contributed by atoms with van der Waals surface area (Å²) in [6, 6.07) is 6.19. The molecule has 1 aromatic carbocycles. The van der Waals surface area contributed by atoms with Gasteiger partial charge >= 0.3 is 11.9 Å². The Hall–Kier alpha value is -3.47. The molecule has 2 heterocycles. The molecule has 0 bridgehead atoms. The van der Waals surface area contributed by atoms with Gasteiger partial charge in [0.25, 0.3) is 0 Å². The Morgan fingerprint density at radius 3 is 2.14 bits per heavy atom. The second-order valence-corrected chi connectivity index (χ2v) is 4.12. The van der Waals surface area contributed by atoms with E-state index >= 15 is 0 Å². The number of benzene rings is 1. The predicted molar refractivity (Wildman–Crippen MR) is 66.0 cm³/mol. The maximum Gasteiger partial charge on any atom is 0.356 e. The van der Waals surface area contributed by atoms with Crippen molar-refractivity contribution in [1.82, 2.24) is 4.98 Å². The molecule has 0 saturated carbocycles. The third-order valence-electron chi connectivity index (χ3n) is 2.83. The predicted octanol–water partition coefficient (Wildman–Crippen LogP) is 2.18. The monoisotopic (exact) mass is 286 g/mol. The number of aromatic carboxylic acids is 2. The van der Waals surface area contributed by atoms with E-state index in [0.717, 1.165) is 0 Å². The van der Waals surface area contributed by atoms with E-state index in [4.69, 9.17) is 24.9 Å². The fourth-order valence-corrected chi connectivity index (χ4v) is 1.92. The van der Waals surface area contributed by atoms with E-state index in [1.54, 1.807) is 0 Å². The smallest absolute Gasteiger partial charge is 0.356 e. The van der Waals surface area contributed by atoms with Crippen LogP contribution >= 0.6 is 0 Å². The highest BCUT2D eigenvalue weighted by molar-refractivity contribution is 5.98. The van der Waals surface area contributed by atoms with Crippen molar-refractivity contribution in [3.05, 3.63) is 35.2 Å². The van der Waals surface area contributed by atoms with E-state index in [1.807, 2.05) is 6.07 Å². The van der Waals surface area contributed by atoms with Crippen LogP contribution in [0.4, 0.5) is 0 Å². The summed E-state index contributed by atoms with van der Waals surface area (Å²) in [6.07, 6.45) is 0.